The summed E-state index contributed by atoms with van der Waals surface area (Å²) in [5.41, 5.74) is 2.44. The summed E-state index contributed by atoms with van der Waals surface area (Å²) in [6, 6.07) is 15.3. The summed E-state index contributed by atoms with van der Waals surface area (Å²) < 4.78 is 12.6. The molecule has 0 saturated carbocycles. The number of ether oxygens (including phenoxy) is 2. The fraction of sp³-hybridized carbons (Fsp3) is 0.600. The Morgan fingerprint density at radius 2 is 1.15 bits per heavy atom. The summed E-state index contributed by atoms with van der Waals surface area (Å²) in [6.45, 7) is 13.0. The van der Waals surface area contributed by atoms with Gasteiger partial charge >= 0.3 is 0 Å². The van der Waals surface area contributed by atoms with Crippen molar-refractivity contribution in [2.45, 2.75) is 105 Å². The Kier molecular flexibility index (Phi) is 12.9. The van der Waals surface area contributed by atoms with Crippen LogP contribution < -0.4 is 14.8 Å². The van der Waals surface area contributed by atoms with Crippen LogP contribution >= 0.6 is 7.92 Å². The fourth-order valence-electron chi connectivity index (χ4n) is 4.25. The first-order chi connectivity index (χ1) is 16.0. The van der Waals surface area contributed by atoms with Gasteiger partial charge in [0.25, 0.3) is 0 Å². The molecule has 2 aromatic carbocycles. The Labute approximate surface area is 205 Å². The van der Waals surface area contributed by atoms with Gasteiger partial charge in [0, 0.05) is 0 Å². The molecule has 0 aliphatic carbocycles. The lowest BCUT2D eigenvalue weighted by Crippen LogP contribution is -2.14. The number of benzene rings is 2. The molecular weight excluding hydrogens is 423 g/mol. The van der Waals surface area contributed by atoms with Crippen LogP contribution in [0.25, 0.3) is 11.1 Å². The van der Waals surface area contributed by atoms with Gasteiger partial charge in [0.05, 0.1) is 17.8 Å². The zero-order chi connectivity index (χ0) is 24.1. The third-order valence-electron chi connectivity index (χ3n) is 5.79. The molecule has 0 atom stereocenters. The van der Waals surface area contributed by atoms with Crippen LogP contribution in [0.5, 0.6) is 11.5 Å². The van der Waals surface area contributed by atoms with Crippen molar-refractivity contribution < 1.29 is 9.47 Å². The van der Waals surface area contributed by atoms with Crippen LogP contribution in [-0.2, 0) is 0 Å². The van der Waals surface area contributed by atoms with E-state index in [1.165, 1.54) is 74.6 Å². The average Bonchev–Trinajstić information content (AvgIpc) is 2.78. The summed E-state index contributed by atoms with van der Waals surface area (Å²) in [6.07, 6.45) is 13.5. The molecule has 0 aromatic heterocycles. The molecule has 0 N–H and O–H groups in total. The molecule has 0 aliphatic rings. The van der Waals surface area contributed by atoms with Crippen LogP contribution in [-0.4, -0.2) is 24.5 Å². The minimum absolute atomic E-state index is 0.120. The van der Waals surface area contributed by atoms with Gasteiger partial charge in [-0.25, -0.2) is 0 Å². The van der Waals surface area contributed by atoms with Crippen molar-refractivity contribution in [2.24, 2.45) is 0 Å². The minimum Gasteiger partial charge on any atom is -0.490 e. The second-order valence-corrected chi connectivity index (χ2v) is 12.0. The van der Waals surface area contributed by atoms with Gasteiger partial charge in [-0.05, 0) is 75.9 Å². The highest BCUT2D eigenvalue weighted by molar-refractivity contribution is 7.65. The minimum atomic E-state index is -0.210. The number of hydrogen-bond donors (Lipinski definition) is 0. The summed E-state index contributed by atoms with van der Waals surface area (Å²) >= 11 is 0. The SMILES string of the molecule is CCCCCCP(CCCCCC)c1ccccc1-c1c(OC(C)C)cccc1OC(C)C. The Morgan fingerprint density at radius 1 is 0.636 bits per heavy atom. The van der Waals surface area contributed by atoms with Crippen LogP contribution in [0.1, 0.15) is 92.9 Å². The molecule has 33 heavy (non-hydrogen) atoms. The van der Waals surface area contributed by atoms with Gasteiger partial charge in [0.2, 0.25) is 0 Å². The predicted octanol–water partition coefficient (Wildman–Crippen LogP) is 9.20. The van der Waals surface area contributed by atoms with E-state index in [1.807, 2.05) is 0 Å². The monoisotopic (exact) mass is 470 g/mol. The van der Waals surface area contributed by atoms with Gasteiger partial charge in [-0.2, -0.15) is 0 Å². The first-order valence-corrected chi connectivity index (χ1v) is 15.0. The van der Waals surface area contributed by atoms with Gasteiger partial charge in [-0.3, -0.25) is 0 Å². The molecule has 0 bridgehead atoms. The van der Waals surface area contributed by atoms with Gasteiger partial charge in [-0.1, -0.05) is 90.6 Å². The van der Waals surface area contributed by atoms with E-state index >= 15 is 0 Å². The lowest BCUT2D eigenvalue weighted by Gasteiger charge is -2.25. The van der Waals surface area contributed by atoms with Crippen molar-refractivity contribution >= 4 is 13.2 Å². The number of rotatable bonds is 16. The fourth-order valence-corrected chi connectivity index (χ4v) is 6.99. The molecule has 0 saturated heterocycles. The lowest BCUT2D eigenvalue weighted by atomic mass is 10.0. The Bertz CT molecular complexity index is 759. The highest BCUT2D eigenvalue weighted by Gasteiger charge is 2.22. The smallest absolute Gasteiger partial charge is 0.131 e. The largest absolute Gasteiger partial charge is 0.490 e. The zero-order valence-corrected chi connectivity index (χ0v) is 22.9. The van der Waals surface area contributed by atoms with E-state index in [-0.39, 0.29) is 20.1 Å². The molecule has 0 aliphatic heterocycles. The second kappa shape index (κ2) is 15.4. The molecule has 0 unspecified atom stereocenters. The molecule has 0 spiro atoms. The van der Waals surface area contributed by atoms with Crippen molar-refractivity contribution in [2.75, 3.05) is 12.3 Å². The van der Waals surface area contributed by atoms with Crippen LogP contribution in [0.2, 0.25) is 0 Å². The van der Waals surface area contributed by atoms with Crippen LogP contribution in [0, 0.1) is 0 Å². The van der Waals surface area contributed by atoms with Gasteiger partial charge in [0.1, 0.15) is 11.5 Å². The summed E-state index contributed by atoms with van der Waals surface area (Å²) in [5, 5.41) is 1.52. The normalized spacial score (nSPS) is 11.5. The Balaban J connectivity index is 2.48. The average molecular weight is 471 g/mol. The maximum absolute atomic E-state index is 6.31. The van der Waals surface area contributed by atoms with Crippen molar-refractivity contribution in [3.05, 3.63) is 42.5 Å². The van der Waals surface area contributed by atoms with Crippen LogP contribution in [0.15, 0.2) is 42.5 Å². The molecule has 2 nitrogen and oxygen atoms in total. The van der Waals surface area contributed by atoms with Crippen molar-refractivity contribution in [3.63, 3.8) is 0 Å². The third-order valence-corrected chi connectivity index (χ3v) is 8.57. The third kappa shape index (κ3) is 9.32. The molecular formula is C30H47O2P. The van der Waals surface area contributed by atoms with Crippen molar-refractivity contribution in [1.29, 1.82) is 0 Å². The first-order valence-electron chi connectivity index (χ1n) is 13.3. The van der Waals surface area contributed by atoms with Crippen molar-refractivity contribution in [3.8, 4) is 22.6 Å². The Morgan fingerprint density at radius 3 is 1.64 bits per heavy atom. The first kappa shape index (κ1) is 27.7. The van der Waals surface area contributed by atoms with E-state index in [4.69, 9.17) is 9.47 Å². The Hall–Kier alpha value is -1.53. The van der Waals surface area contributed by atoms with Crippen LogP contribution in [0.4, 0.5) is 0 Å². The highest BCUT2D eigenvalue weighted by Crippen LogP contribution is 2.45. The molecule has 2 rings (SSSR count). The molecule has 0 fully saturated rings. The lowest BCUT2D eigenvalue weighted by molar-refractivity contribution is 0.231. The summed E-state index contributed by atoms with van der Waals surface area (Å²) in [7, 11) is -0.210. The molecule has 3 heteroatoms. The zero-order valence-electron chi connectivity index (χ0n) is 22.0. The van der Waals surface area contributed by atoms with Gasteiger partial charge in [0.15, 0.2) is 0 Å². The number of hydrogen-bond acceptors (Lipinski definition) is 2. The maximum atomic E-state index is 6.31. The van der Waals surface area contributed by atoms with E-state index in [9.17, 15) is 0 Å². The second-order valence-electron chi connectivity index (χ2n) is 9.59. The van der Waals surface area contributed by atoms with E-state index in [2.05, 4.69) is 84.0 Å². The van der Waals surface area contributed by atoms with E-state index < -0.39 is 0 Å². The predicted molar refractivity (Wildman–Crippen MR) is 148 cm³/mol. The van der Waals surface area contributed by atoms with Gasteiger partial charge < -0.3 is 9.47 Å². The summed E-state index contributed by atoms with van der Waals surface area (Å²) in [4.78, 5) is 0. The summed E-state index contributed by atoms with van der Waals surface area (Å²) in [5.74, 6) is 1.87. The van der Waals surface area contributed by atoms with Gasteiger partial charge in [-0.15, -0.1) is 0 Å². The molecule has 0 radical (unpaired) electrons. The quantitative estimate of drug-likeness (QED) is 0.180. The molecule has 0 amide bonds. The molecule has 2 aromatic rings. The molecule has 0 heterocycles. The van der Waals surface area contributed by atoms with E-state index in [0.717, 1.165) is 17.1 Å². The highest BCUT2D eigenvalue weighted by atomic mass is 31.1. The van der Waals surface area contributed by atoms with E-state index in [1.54, 1.807) is 0 Å². The standard InChI is InChI=1S/C30H47O2P/c1-7-9-11-15-22-33(23-16-12-10-8-2)29-21-14-13-18-26(29)30-27(31-24(3)4)19-17-20-28(30)32-25(5)6/h13-14,17-21,24-25H,7-12,15-16,22-23H2,1-6H3. The number of unbranched alkanes of at least 4 members (excludes halogenated alkanes) is 6. The maximum Gasteiger partial charge on any atom is 0.131 e. The topological polar surface area (TPSA) is 18.5 Å². The molecule has 184 valence electrons. The van der Waals surface area contributed by atoms with Crippen molar-refractivity contribution in [1.82, 2.24) is 0 Å². The van der Waals surface area contributed by atoms with E-state index in [0.29, 0.717) is 0 Å². The van der Waals surface area contributed by atoms with Crippen LogP contribution in [0.3, 0.4) is 0 Å².